The van der Waals surface area contributed by atoms with E-state index in [1.54, 1.807) is 27.9 Å². The molecule has 13 heteroatoms. The number of ether oxygens (including phenoxy) is 1. The predicted molar refractivity (Wildman–Crippen MR) is 124 cm³/mol. The number of aromatic carboxylic acids is 1. The van der Waals surface area contributed by atoms with Gasteiger partial charge in [-0.05, 0) is 30.8 Å². The molecule has 7 N–H and O–H groups in total. The zero-order valence-electron chi connectivity index (χ0n) is 19.8. The molecule has 2 amide bonds. The van der Waals surface area contributed by atoms with Crippen molar-refractivity contribution in [1.82, 2.24) is 15.1 Å². The number of nitrogens with zero attached hydrogens (tertiary/aromatic N) is 2. The van der Waals surface area contributed by atoms with Crippen LogP contribution in [0.1, 0.15) is 29.8 Å². The number of hydrogen-bond donors (Lipinski definition) is 6. The number of likely N-dealkylation sites (N-methyl/N-ethyl adjacent to an activating group) is 1. The SMILES string of the molecule is C[C@@H](Cc1ccc(OC2CN(C[C@](C)(N)C(=O)NCC(=O)N(C)C)C2)c(C(=O)O)c1O)B(O)O. The lowest BCUT2D eigenvalue weighted by Gasteiger charge is -2.42. The molecule has 0 aliphatic carbocycles. The second-order valence-electron chi connectivity index (χ2n) is 9.17. The third-order valence-electron chi connectivity index (χ3n) is 5.68. The third-order valence-corrected chi connectivity index (χ3v) is 5.68. The van der Waals surface area contributed by atoms with E-state index in [2.05, 4.69) is 5.32 Å². The number of phenols is 1. The molecule has 0 aromatic heterocycles. The van der Waals surface area contributed by atoms with Crippen molar-refractivity contribution in [2.45, 2.75) is 37.7 Å². The fourth-order valence-electron chi connectivity index (χ4n) is 3.50. The van der Waals surface area contributed by atoms with Crippen molar-refractivity contribution in [3.8, 4) is 11.5 Å². The molecule has 34 heavy (non-hydrogen) atoms. The Hall–Kier alpha value is -2.87. The summed E-state index contributed by atoms with van der Waals surface area (Å²) in [6.45, 7) is 3.92. The van der Waals surface area contributed by atoms with Crippen LogP contribution in [0.3, 0.4) is 0 Å². The molecule has 12 nitrogen and oxygen atoms in total. The molecule has 1 saturated heterocycles. The lowest BCUT2D eigenvalue weighted by atomic mass is 9.71. The van der Waals surface area contributed by atoms with E-state index in [1.165, 1.54) is 17.0 Å². The number of aromatic hydroxyl groups is 1. The van der Waals surface area contributed by atoms with E-state index >= 15 is 0 Å². The summed E-state index contributed by atoms with van der Waals surface area (Å²) < 4.78 is 5.77. The first-order chi connectivity index (χ1) is 15.7. The Morgan fingerprint density at radius 2 is 1.94 bits per heavy atom. The summed E-state index contributed by atoms with van der Waals surface area (Å²) in [5.74, 6) is -3.20. The van der Waals surface area contributed by atoms with Crippen LogP contribution in [0.2, 0.25) is 5.82 Å². The summed E-state index contributed by atoms with van der Waals surface area (Å²) in [5, 5.41) is 41.1. The maximum atomic E-state index is 12.4. The molecule has 1 aliphatic heterocycles. The van der Waals surface area contributed by atoms with Gasteiger partial charge in [0.1, 0.15) is 28.7 Å². The summed E-state index contributed by atoms with van der Waals surface area (Å²) in [6.07, 6.45) is -0.311. The molecule has 0 saturated carbocycles. The normalized spacial score (nSPS) is 16.7. The molecule has 0 unspecified atom stereocenters. The van der Waals surface area contributed by atoms with Crippen LogP contribution in [0.15, 0.2) is 12.1 Å². The quantitative estimate of drug-likeness (QED) is 0.203. The Bertz CT molecular complexity index is 918. The largest absolute Gasteiger partial charge is 0.507 e. The second-order valence-corrected chi connectivity index (χ2v) is 9.17. The van der Waals surface area contributed by atoms with Crippen LogP contribution in [0.25, 0.3) is 0 Å². The molecule has 2 rings (SSSR count). The number of nitrogens with two attached hydrogens (primary N) is 1. The van der Waals surface area contributed by atoms with E-state index in [0.29, 0.717) is 13.1 Å². The van der Waals surface area contributed by atoms with Gasteiger partial charge in [0.05, 0.1) is 6.54 Å². The summed E-state index contributed by atoms with van der Waals surface area (Å²) in [5.41, 5.74) is 4.74. The van der Waals surface area contributed by atoms with Gasteiger partial charge in [0.25, 0.3) is 0 Å². The van der Waals surface area contributed by atoms with Gasteiger partial charge in [-0.15, -0.1) is 0 Å². The number of carboxylic acid groups (broad SMARTS) is 1. The number of benzene rings is 1. The van der Waals surface area contributed by atoms with Gasteiger partial charge >= 0.3 is 13.1 Å². The minimum atomic E-state index is -1.60. The summed E-state index contributed by atoms with van der Waals surface area (Å²) in [7, 11) is 1.56. The molecule has 1 aliphatic rings. The topological polar surface area (TPSA) is 186 Å². The highest BCUT2D eigenvalue weighted by Gasteiger charge is 2.38. The molecule has 1 aromatic rings. The molecule has 0 bridgehead atoms. The lowest BCUT2D eigenvalue weighted by Crippen LogP contribution is -2.64. The van der Waals surface area contributed by atoms with Crippen LogP contribution >= 0.6 is 0 Å². The minimum Gasteiger partial charge on any atom is -0.507 e. The fraction of sp³-hybridized carbons (Fsp3) is 0.571. The van der Waals surface area contributed by atoms with Crippen LogP contribution in [0, 0.1) is 0 Å². The number of amides is 2. The minimum absolute atomic E-state index is 0.00829. The predicted octanol–water partition coefficient (Wildman–Crippen LogP) is -1.52. The first-order valence-electron chi connectivity index (χ1n) is 10.8. The number of carbonyl (C=O) groups excluding carboxylic acids is 2. The fourth-order valence-corrected chi connectivity index (χ4v) is 3.50. The number of carbonyl (C=O) groups is 3. The van der Waals surface area contributed by atoms with Crippen LogP contribution in [0.4, 0.5) is 0 Å². The van der Waals surface area contributed by atoms with Crippen molar-refractivity contribution in [1.29, 1.82) is 0 Å². The van der Waals surface area contributed by atoms with E-state index in [0.717, 1.165) is 0 Å². The Kier molecular flexibility index (Phi) is 8.89. The molecule has 1 aromatic carbocycles. The highest BCUT2D eigenvalue weighted by molar-refractivity contribution is 6.43. The van der Waals surface area contributed by atoms with Crippen molar-refractivity contribution in [2.75, 3.05) is 40.3 Å². The highest BCUT2D eigenvalue weighted by atomic mass is 16.5. The number of rotatable bonds is 11. The van der Waals surface area contributed by atoms with E-state index < -0.39 is 41.7 Å². The molecule has 188 valence electrons. The summed E-state index contributed by atoms with van der Waals surface area (Å²) in [4.78, 5) is 39.0. The number of nitrogens with one attached hydrogen (secondary N) is 1. The van der Waals surface area contributed by atoms with Crippen molar-refractivity contribution in [3.63, 3.8) is 0 Å². The lowest BCUT2D eigenvalue weighted by molar-refractivity contribution is -0.133. The molecule has 0 spiro atoms. The number of carboxylic acids is 1. The average molecular weight is 480 g/mol. The van der Waals surface area contributed by atoms with Gasteiger partial charge in [0.2, 0.25) is 11.8 Å². The van der Waals surface area contributed by atoms with Gasteiger partial charge in [0.15, 0.2) is 0 Å². The van der Waals surface area contributed by atoms with Crippen LogP contribution in [-0.2, 0) is 16.0 Å². The zero-order valence-corrected chi connectivity index (χ0v) is 19.8. The van der Waals surface area contributed by atoms with Crippen molar-refractivity contribution >= 4 is 24.9 Å². The second kappa shape index (κ2) is 11.0. The van der Waals surface area contributed by atoms with E-state index in [1.807, 2.05) is 4.90 Å². The van der Waals surface area contributed by atoms with E-state index in [-0.39, 0.29) is 42.8 Å². The smallest absolute Gasteiger partial charge is 0.454 e. The van der Waals surface area contributed by atoms with Crippen molar-refractivity contribution in [2.24, 2.45) is 5.73 Å². The monoisotopic (exact) mass is 480 g/mol. The molecular formula is C21H33BN4O8. The van der Waals surface area contributed by atoms with Crippen LogP contribution in [-0.4, -0.2) is 107 Å². The van der Waals surface area contributed by atoms with Gasteiger partial charge < -0.3 is 40.9 Å². The van der Waals surface area contributed by atoms with Gasteiger partial charge in [-0.3, -0.25) is 14.5 Å². The number of likely N-dealkylation sites (tertiary alicyclic amines) is 1. The van der Waals surface area contributed by atoms with E-state index in [9.17, 15) is 34.6 Å². The van der Waals surface area contributed by atoms with Gasteiger partial charge in [-0.1, -0.05) is 13.0 Å². The first-order valence-corrected chi connectivity index (χ1v) is 10.8. The molecule has 2 atom stereocenters. The van der Waals surface area contributed by atoms with Crippen molar-refractivity contribution < 1.29 is 39.4 Å². The van der Waals surface area contributed by atoms with Crippen molar-refractivity contribution in [3.05, 3.63) is 23.3 Å². The molecule has 1 heterocycles. The third kappa shape index (κ3) is 6.82. The van der Waals surface area contributed by atoms with Gasteiger partial charge in [0, 0.05) is 33.7 Å². The summed E-state index contributed by atoms with van der Waals surface area (Å²) >= 11 is 0. The van der Waals surface area contributed by atoms with Crippen LogP contribution in [0.5, 0.6) is 11.5 Å². The standard InChI is InChI=1S/C21H33BN4O8/c1-12(22(32)33)7-13-5-6-15(17(18(13)28)19(29)30)34-14-9-26(10-14)11-21(2,23)20(31)24-8-16(27)25(3)4/h5-6,12,14,28,32-33H,7-11,23H2,1-4H3,(H,24,31)(H,29,30)/t12-,21-/m0/s1. The molecular weight excluding hydrogens is 447 g/mol. The average Bonchev–Trinajstić information content (AvgIpc) is 2.71. The van der Waals surface area contributed by atoms with Gasteiger partial charge in [-0.25, -0.2) is 4.79 Å². The Balaban J connectivity index is 1.96. The molecule has 1 fully saturated rings. The van der Waals surface area contributed by atoms with Crippen LogP contribution < -0.4 is 15.8 Å². The Morgan fingerprint density at radius 3 is 2.47 bits per heavy atom. The van der Waals surface area contributed by atoms with Gasteiger partial charge in [-0.2, -0.15) is 0 Å². The Labute approximate surface area is 198 Å². The maximum Gasteiger partial charge on any atom is 0.454 e. The van der Waals surface area contributed by atoms with E-state index in [4.69, 9.17) is 10.5 Å². The zero-order chi connectivity index (χ0) is 25.8. The summed E-state index contributed by atoms with van der Waals surface area (Å²) in [6, 6.07) is 2.92. The molecule has 0 radical (unpaired) electrons. The number of hydrogen-bond acceptors (Lipinski definition) is 9. The first kappa shape index (κ1) is 27.4. The highest BCUT2D eigenvalue weighted by Crippen LogP contribution is 2.35. The Morgan fingerprint density at radius 1 is 1.32 bits per heavy atom. The maximum absolute atomic E-state index is 12.4.